The summed E-state index contributed by atoms with van der Waals surface area (Å²) in [7, 11) is 0. The van der Waals surface area contributed by atoms with Gasteiger partial charge in [-0.05, 0) is 26.0 Å². The molecule has 13 heavy (non-hydrogen) atoms. The number of esters is 1. The molecule has 0 amide bonds. The number of hydrogen-bond donors (Lipinski definition) is 0. The molecule has 0 aromatic heterocycles. The lowest BCUT2D eigenvalue weighted by Gasteiger charge is -2.00. The molecule has 1 aromatic rings. The van der Waals surface area contributed by atoms with Crippen molar-refractivity contribution in [2.24, 2.45) is 0 Å². The molecule has 0 atom stereocenters. The Morgan fingerprint density at radius 1 is 1.31 bits per heavy atom. The van der Waals surface area contributed by atoms with Crippen LogP contribution in [0.3, 0.4) is 0 Å². The van der Waals surface area contributed by atoms with Crippen LogP contribution >= 0.6 is 0 Å². The number of rotatable bonds is 2. The minimum Gasteiger partial charge on any atom is -0.462 e. The van der Waals surface area contributed by atoms with Crippen molar-refractivity contribution in [2.75, 3.05) is 6.61 Å². The SMILES string of the molecule is C.CCOC(=O)c1ccc(C)cc1. The summed E-state index contributed by atoms with van der Waals surface area (Å²) >= 11 is 0. The van der Waals surface area contributed by atoms with E-state index in [9.17, 15) is 4.79 Å². The Morgan fingerprint density at radius 2 is 1.85 bits per heavy atom. The van der Waals surface area contributed by atoms with Gasteiger partial charge in [0, 0.05) is 0 Å². The van der Waals surface area contributed by atoms with E-state index in [1.807, 2.05) is 19.1 Å². The van der Waals surface area contributed by atoms with Crippen LogP contribution in [0.15, 0.2) is 24.3 Å². The van der Waals surface area contributed by atoms with Gasteiger partial charge in [-0.2, -0.15) is 0 Å². The molecule has 0 spiro atoms. The fraction of sp³-hybridized carbons (Fsp3) is 0.364. The number of carbonyl (C=O) groups excluding carboxylic acids is 1. The van der Waals surface area contributed by atoms with Gasteiger partial charge in [0.2, 0.25) is 0 Å². The molecule has 0 radical (unpaired) electrons. The van der Waals surface area contributed by atoms with E-state index in [4.69, 9.17) is 4.74 Å². The van der Waals surface area contributed by atoms with Crippen molar-refractivity contribution in [3.05, 3.63) is 35.4 Å². The van der Waals surface area contributed by atoms with E-state index in [0.29, 0.717) is 12.2 Å². The van der Waals surface area contributed by atoms with Crippen molar-refractivity contribution in [3.8, 4) is 0 Å². The Hall–Kier alpha value is -1.31. The second-order valence-electron chi connectivity index (χ2n) is 2.59. The highest BCUT2D eigenvalue weighted by molar-refractivity contribution is 5.89. The highest BCUT2D eigenvalue weighted by atomic mass is 16.5. The molecule has 1 rings (SSSR count). The van der Waals surface area contributed by atoms with Gasteiger partial charge in [-0.1, -0.05) is 25.1 Å². The molecule has 0 aliphatic rings. The first-order chi connectivity index (χ1) is 5.74. The summed E-state index contributed by atoms with van der Waals surface area (Å²) in [5, 5.41) is 0. The van der Waals surface area contributed by atoms with Gasteiger partial charge in [0.05, 0.1) is 12.2 Å². The number of benzene rings is 1. The Bertz CT molecular complexity index is 262. The predicted molar refractivity (Wildman–Crippen MR) is 53.9 cm³/mol. The van der Waals surface area contributed by atoms with Crippen LogP contribution in [0.1, 0.15) is 30.3 Å². The largest absolute Gasteiger partial charge is 0.462 e. The Labute approximate surface area is 79.5 Å². The lowest BCUT2D eigenvalue weighted by Crippen LogP contribution is -2.03. The van der Waals surface area contributed by atoms with E-state index in [-0.39, 0.29) is 13.4 Å². The average molecular weight is 180 g/mol. The molecule has 0 N–H and O–H groups in total. The molecular formula is C11H16O2. The molecule has 0 saturated carbocycles. The van der Waals surface area contributed by atoms with Gasteiger partial charge >= 0.3 is 5.97 Å². The number of hydrogen-bond acceptors (Lipinski definition) is 2. The van der Waals surface area contributed by atoms with Gasteiger partial charge in [-0.3, -0.25) is 0 Å². The van der Waals surface area contributed by atoms with Gasteiger partial charge in [-0.25, -0.2) is 4.79 Å². The van der Waals surface area contributed by atoms with Crippen molar-refractivity contribution in [1.29, 1.82) is 0 Å². The molecule has 0 aliphatic heterocycles. The highest BCUT2D eigenvalue weighted by Gasteiger charge is 2.03. The lowest BCUT2D eigenvalue weighted by molar-refractivity contribution is 0.0526. The second-order valence-corrected chi connectivity index (χ2v) is 2.59. The topological polar surface area (TPSA) is 26.3 Å². The van der Waals surface area contributed by atoms with E-state index in [1.165, 1.54) is 0 Å². The quantitative estimate of drug-likeness (QED) is 0.654. The van der Waals surface area contributed by atoms with E-state index >= 15 is 0 Å². The third-order valence-corrected chi connectivity index (χ3v) is 1.56. The maximum atomic E-state index is 11.1. The maximum Gasteiger partial charge on any atom is 0.338 e. The van der Waals surface area contributed by atoms with Crippen LogP contribution in [-0.4, -0.2) is 12.6 Å². The van der Waals surface area contributed by atoms with Crippen LogP contribution in [0.2, 0.25) is 0 Å². The molecule has 0 fully saturated rings. The molecule has 1 aromatic carbocycles. The molecular weight excluding hydrogens is 164 g/mol. The van der Waals surface area contributed by atoms with E-state index in [0.717, 1.165) is 5.56 Å². The third-order valence-electron chi connectivity index (χ3n) is 1.56. The Balaban J connectivity index is 0.00000144. The first-order valence-corrected chi connectivity index (χ1v) is 3.98. The first kappa shape index (κ1) is 11.7. The van der Waals surface area contributed by atoms with E-state index in [2.05, 4.69) is 0 Å². The average Bonchev–Trinajstić information content (AvgIpc) is 2.06. The van der Waals surface area contributed by atoms with E-state index in [1.54, 1.807) is 19.1 Å². The molecule has 0 heterocycles. The molecule has 0 unspecified atom stereocenters. The monoisotopic (exact) mass is 180 g/mol. The summed E-state index contributed by atoms with van der Waals surface area (Å²) in [6, 6.07) is 7.33. The molecule has 2 nitrogen and oxygen atoms in total. The summed E-state index contributed by atoms with van der Waals surface area (Å²) in [6.07, 6.45) is 0. The third kappa shape index (κ3) is 3.28. The lowest BCUT2D eigenvalue weighted by atomic mass is 10.1. The van der Waals surface area contributed by atoms with Crippen molar-refractivity contribution in [1.82, 2.24) is 0 Å². The van der Waals surface area contributed by atoms with Gasteiger partial charge in [0.25, 0.3) is 0 Å². The first-order valence-electron chi connectivity index (χ1n) is 3.98. The molecule has 72 valence electrons. The maximum absolute atomic E-state index is 11.1. The minimum absolute atomic E-state index is 0. The van der Waals surface area contributed by atoms with Crippen molar-refractivity contribution in [3.63, 3.8) is 0 Å². The minimum atomic E-state index is -0.252. The summed E-state index contributed by atoms with van der Waals surface area (Å²) in [4.78, 5) is 11.1. The van der Waals surface area contributed by atoms with Crippen molar-refractivity contribution >= 4 is 5.97 Å². The number of carbonyl (C=O) groups is 1. The predicted octanol–water partition coefficient (Wildman–Crippen LogP) is 2.81. The number of ether oxygens (including phenoxy) is 1. The zero-order valence-electron chi connectivity index (χ0n) is 7.33. The van der Waals surface area contributed by atoms with Crippen LogP contribution in [0.25, 0.3) is 0 Å². The van der Waals surface area contributed by atoms with Crippen LogP contribution in [-0.2, 0) is 4.74 Å². The Morgan fingerprint density at radius 3 is 2.31 bits per heavy atom. The van der Waals surface area contributed by atoms with Gasteiger partial charge < -0.3 is 4.74 Å². The van der Waals surface area contributed by atoms with Gasteiger partial charge in [-0.15, -0.1) is 0 Å². The van der Waals surface area contributed by atoms with Crippen molar-refractivity contribution in [2.45, 2.75) is 21.3 Å². The summed E-state index contributed by atoms with van der Waals surface area (Å²) in [5.74, 6) is -0.252. The van der Waals surface area contributed by atoms with Gasteiger partial charge in [0.15, 0.2) is 0 Å². The molecule has 0 saturated heterocycles. The fourth-order valence-corrected chi connectivity index (χ4v) is 0.904. The fourth-order valence-electron chi connectivity index (χ4n) is 0.904. The molecule has 0 aliphatic carbocycles. The molecule has 2 heteroatoms. The van der Waals surface area contributed by atoms with Crippen LogP contribution in [0.4, 0.5) is 0 Å². The molecule has 0 bridgehead atoms. The van der Waals surface area contributed by atoms with Crippen molar-refractivity contribution < 1.29 is 9.53 Å². The zero-order valence-corrected chi connectivity index (χ0v) is 7.33. The normalized spacial score (nSPS) is 8.77. The summed E-state index contributed by atoms with van der Waals surface area (Å²) in [6.45, 7) is 4.20. The van der Waals surface area contributed by atoms with Gasteiger partial charge in [0.1, 0.15) is 0 Å². The second kappa shape index (κ2) is 5.36. The van der Waals surface area contributed by atoms with Crippen LogP contribution in [0.5, 0.6) is 0 Å². The Kier molecular flexibility index (Phi) is 4.82. The van der Waals surface area contributed by atoms with Crippen LogP contribution in [0, 0.1) is 6.92 Å². The standard InChI is InChI=1S/C10H12O2.CH4/c1-3-12-10(11)9-6-4-8(2)5-7-9;/h4-7H,3H2,1-2H3;1H4. The van der Waals surface area contributed by atoms with E-state index < -0.39 is 0 Å². The summed E-state index contributed by atoms with van der Waals surface area (Å²) in [5.41, 5.74) is 1.76. The zero-order chi connectivity index (χ0) is 8.97. The summed E-state index contributed by atoms with van der Waals surface area (Å²) < 4.78 is 4.83. The number of aryl methyl sites for hydroxylation is 1. The highest BCUT2D eigenvalue weighted by Crippen LogP contribution is 2.04. The smallest absolute Gasteiger partial charge is 0.338 e. The van der Waals surface area contributed by atoms with Crippen LogP contribution < -0.4 is 0 Å².